The molecule has 0 saturated carbocycles. The normalized spacial score (nSPS) is 15.2. The van der Waals surface area contributed by atoms with E-state index in [4.69, 9.17) is 0 Å². The molecule has 86 valence electrons. The van der Waals surface area contributed by atoms with Crippen molar-refractivity contribution in [2.45, 2.75) is 26.0 Å². The van der Waals surface area contributed by atoms with Crippen LogP contribution in [0.1, 0.15) is 25.5 Å². The van der Waals surface area contributed by atoms with Crippen molar-refractivity contribution in [3.05, 3.63) is 30.1 Å². The Morgan fingerprint density at radius 2 is 2.25 bits per heavy atom. The Bertz CT molecular complexity index is 466. The van der Waals surface area contributed by atoms with Gasteiger partial charge in [-0.25, -0.2) is 0 Å². The van der Waals surface area contributed by atoms with Gasteiger partial charge in [0.2, 0.25) is 0 Å². The van der Waals surface area contributed by atoms with Gasteiger partial charge in [0.05, 0.1) is 17.8 Å². The lowest BCUT2D eigenvalue weighted by Crippen LogP contribution is -2.27. The molecule has 0 radical (unpaired) electrons. The molecule has 5 nitrogen and oxygen atoms in total. The van der Waals surface area contributed by atoms with E-state index in [1.54, 1.807) is 17.8 Å². The molecule has 2 heterocycles. The van der Waals surface area contributed by atoms with E-state index in [-0.39, 0.29) is 12.1 Å². The van der Waals surface area contributed by atoms with Gasteiger partial charge >= 0.3 is 0 Å². The molecule has 0 saturated heterocycles. The average Bonchev–Trinajstić information content (AvgIpc) is 2.69. The second kappa shape index (κ2) is 4.59. The van der Waals surface area contributed by atoms with Gasteiger partial charge in [-0.3, -0.25) is 0 Å². The van der Waals surface area contributed by atoms with E-state index in [9.17, 15) is 5.11 Å². The van der Waals surface area contributed by atoms with Crippen molar-refractivity contribution in [3.8, 4) is 0 Å². The number of rotatable bonds is 4. The number of hydrogen-bond donors (Lipinski definition) is 2. The number of nitrogens with one attached hydrogen (secondary N) is 1. The molecule has 2 rings (SSSR count). The first-order chi connectivity index (χ1) is 7.68. The highest BCUT2D eigenvalue weighted by Gasteiger charge is 2.11. The first-order valence-corrected chi connectivity index (χ1v) is 5.39. The van der Waals surface area contributed by atoms with Gasteiger partial charge in [0.15, 0.2) is 0 Å². The summed E-state index contributed by atoms with van der Waals surface area (Å²) in [7, 11) is 0. The fourth-order valence-electron chi connectivity index (χ4n) is 1.64. The summed E-state index contributed by atoms with van der Waals surface area (Å²) in [5.41, 5.74) is 2.09. The van der Waals surface area contributed by atoms with E-state index in [2.05, 4.69) is 15.5 Å². The number of nitrogens with zero attached hydrogens (tertiary/aromatic N) is 3. The van der Waals surface area contributed by atoms with Gasteiger partial charge < -0.3 is 10.4 Å². The summed E-state index contributed by atoms with van der Waals surface area (Å²) in [5, 5.41) is 20.7. The van der Waals surface area contributed by atoms with Crippen molar-refractivity contribution >= 4 is 5.52 Å². The number of aliphatic hydroxyl groups is 1. The summed E-state index contributed by atoms with van der Waals surface area (Å²) in [5.74, 6) is 0. The molecule has 0 amide bonds. The minimum Gasteiger partial charge on any atom is -0.392 e. The average molecular weight is 220 g/mol. The van der Waals surface area contributed by atoms with Crippen LogP contribution in [0.15, 0.2) is 24.5 Å². The molecule has 2 N–H and O–H groups in total. The lowest BCUT2D eigenvalue weighted by molar-refractivity contribution is 0.187. The zero-order valence-electron chi connectivity index (χ0n) is 9.46. The topological polar surface area (TPSA) is 62.5 Å². The molecule has 0 aliphatic rings. The van der Waals surface area contributed by atoms with E-state index in [1.165, 1.54) is 0 Å². The summed E-state index contributed by atoms with van der Waals surface area (Å²) in [6, 6.07) is 4.02. The van der Waals surface area contributed by atoms with Crippen LogP contribution in [0.4, 0.5) is 0 Å². The lowest BCUT2D eigenvalue weighted by atomic mass is 10.1. The highest BCUT2D eigenvalue weighted by atomic mass is 16.3. The van der Waals surface area contributed by atoms with Gasteiger partial charge in [-0.1, -0.05) is 0 Å². The Hall–Kier alpha value is -1.46. The largest absolute Gasteiger partial charge is 0.392 e. The molecule has 0 aliphatic carbocycles. The summed E-state index contributed by atoms with van der Waals surface area (Å²) in [6.45, 7) is 4.38. The van der Waals surface area contributed by atoms with E-state index in [0.29, 0.717) is 6.54 Å². The smallest absolute Gasteiger partial charge is 0.0920 e. The third-order valence-corrected chi connectivity index (χ3v) is 2.52. The van der Waals surface area contributed by atoms with Gasteiger partial charge in [0, 0.05) is 24.3 Å². The number of aromatic nitrogens is 3. The number of aliphatic hydroxyl groups excluding tert-OH is 1. The van der Waals surface area contributed by atoms with E-state index < -0.39 is 0 Å². The van der Waals surface area contributed by atoms with Gasteiger partial charge in [-0.05, 0) is 26.0 Å². The second-order valence-electron chi connectivity index (χ2n) is 3.98. The van der Waals surface area contributed by atoms with Crippen LogP contribution in [0, 0.1) is 0 Å². The Labute approximate surface area is 94.1 Å². The predicted octanol–water partition coefficient (Wildman–Crippen LogP) is 0.761. The summed E-state index contributed by atoms with van der Waals surface area (Å²) in [6.07, 6.45) is 3.17. The zero-order valence-corrected chi connectivity index (χ0v) is 9.46. The summed E-state index contributed by atoms with van der Waals surface area (Å²) in [4.78, 5) is 0. The maximum absolute atomic E-state index is 9.22. The van der Waals surface area contributed by atoms with Crippen molar-refractivity contribution in [2.75, 3.05) is 6.54 Å². The van der Waals surface area contributed by atoms with Crippen LogP contribution in [-0.4, -0.2) is 32.6 Å². The van der Waals surface area contributed by atoms with Crippen molar-refractivity contribution in [3.63, 3.8) is 0 Å². The van der Waals surface area contributed by atoms with Gasteiger partial charge in [-0.15, -0.1) is 0 Å². The molecule has 0 fully saturated rings. The van der Waals surface area contributed by atoms with E-state index in [0.717, 1.165) is 11.1 Å². The van der Waals surface area contributed by atoms with Gasteiger partial charge in [-0.2, -0.15) is 14.8 Å². The minimum absolute atomic E-state index is 0.149. The van der Waals surface area contributed by atoms with Crippen LogP contribution in [0.2, 0.25) is 0 Å². The number of hydrogen-bond acceptors (Lipinski definition) is 4. The molecule has 16 heavy (non-hydrogen) atoms. The van der Waals surface area contributed by atoms with Gasteiger partial charge in [0.1, 0.15) is 0 Å². The first kappa shape index (κ1) is 11.0. The third-order valence-electron chi connectivity index (χ3n) is 2.52. The quantitative estimate of drug-likeness (QED) is 0.798. The maximum Gasteiger partial charge on any atom is 0.0920 e. The van der Waals surface area contributed by atoms with E-state index in [1.807, 2.05) is 25.3 Å². The Balaban J connectivity index is 2.19. The molecule has 1 unspecified atom stereocenters. The zero-order chi connectivity index (χ0) is 11.5. The molecular formula is C11H16N4O. The molecule has 5 heteroatoms. The summed E-state index contributed by atoms with van der Waals surface area (Å²) < 4.78 is 1.61. The Morgan fingerprint density at radius 3 is 3.00 bits per heavy atom. The SMILES string of the molecule is CC(NC[C@@H](C)O)c1cnn2ncccc12. The van der Waals surface area contributed by atoms with Crippen molar-refractivity contribution < 1.29 is 5.11 Å². The van der Waals surface area contributed by atoms with Crippen LogP contribution >= 0.6 is 0 Å². The highest BCUT2D eigenvalue weighted by Crippen LogP contribution is 2.17. The molecule has 0 bridgehead atoms. The first-order valence-electron chi connectivity index (χ1n) is 5.39. The Kier molecular flexibility index (Phi) is 3.17. The highest BCUT2D eigenvalue weighted by molar-refractivity contribution is 5.53. The second-order valence-corrected chi connectivity index (χ2v) is 3.98. The molecule has 2 aromatic heterocycles. The van der Waals surface area contributed by atoms with Gasteiger partial charge in [0.25, 0.3) is 0 Å². The lowest BCUT2D eigenvalue weighted by Gasteiger charge is -2.13. The van der Waals surface area contributed by atoms with Crippen molar-refractivity contribution in [2.24, 2.45) is 0 Å². The minimum atomic E-state index is -0.345. The maximum atomic E-state index is 9.22. The molecule has 0 aromatic carbocycles. The van der Waals surface area contributed by atoms with Crippen LogP contribution in [0.5, 0.6) is 0 Å². The third kappa shape index (κ3) is 2.20. The molecule has 2 atom stereocenters. The molecular weight excluding hydrogens is 204 g/mol. The number of fused-ring (bicyclic) bond motifs is 1. The molecule has 0 spiro atoms. The fourth-order valence-corrected chi connectivity index (χ4v) is 1.64. The predicted molar refractivity (Wildman–Crippen MR) is 61.1 cm³/mol. The fraction of sp³-hybridized carbons (Fsp3) is 0.455. The standard InChI is InChI=1S/C11H16N4O/c1-8(16)6-12-9(2)10-7-14-15-11(10)4-3-5-13-15/h3-5,7-9,12,16H,6H2,1-2H3/t8-,9?/m1/s1. The molecule has 0 aliphatic heterocycles. The van der Waals surface area contributed by atoms with Crippen LogP contribution in [0.25, 0.3) is 5.52 Å². The van der Waals surface area contributed by atoms with Crippen molar-refractivity contribution in [1.82, 2.24) is 20.1 Å². The Morgan fingerprint density at radius 1 is 1.44 bits per heavy atom. The summed E-state index contributed by atoms with van der Waals surface area (Å²) >= 11 is 0. The van der Waals surface area contributed by atoms with Crippen LogP contribution < -0.4 is 5.32 Å². The monoisotopic (exact) mass is 220 g/mol. The van der Waals surface area contributed by atoms with E-state index >= 15 is 0 Å². The van der Waals surface area contributed by atoms with Crippen molar-refractivity contribution in [1.29, 1.82) is 0 Å². The molecule has 2 aromatic rings. The van der Waals surface area contributed by atoms with Crippen LogP contribution in [-0.2, 0) is 0 Å². The van der Waals surface area contributed by atoms with Crippen LogP contribution in [0.3, 0.4) is 0 Å².